The number of hydrogen-bond donors (Lipinski definition) is 0. The molecule has 2 aliphatic rings. The molecule has 1 unspecified atom stereocenters. The van der Waals surface area contributed by atoms with Crippen molar-refractivity contribution in [3.63, 3.8) is 0 Å². The molecule has 0 saturated carbocycles. The number of carbonyl (C=O) groups excluding carboxylic acids is 1. The van der Waals surface area contributed by atoms with Crippen molar-refractivity contribution >= 4 is 5.91 Å². The van der Waals surface area contributed by atoms with Gasteiger partial charge in [-0.15, -0.1) is 0 Å². The third kappa shape index (κ3) is 7.01. The average molecular weight is 454 g/mol. The van der Waals surface area contributed by atoms with Gasteiger partial charge in [0.2, 0.25) is 0 Å². The predicted molar refractivity (Wildman–Crippen MR) is 128 cm³/mol. The van der Waals surface area contributed by atoms with Gasteiger partial charge in [-0.2, -0.15) is 0 Å². The zero-order valence-electron chi connectivity index (χ0n) is 19.5. The van der Waals surface area contributed by atoms with E-state index in [1.807, 2.05) is 47.4 Å². The minimum absolute atomic E-state index is 0.0123. The van der Waals surface area contributed by atoms with Crippen molar-refractivity contribution < 1.29 is 19.0 Å². The van der Waals surface area contributed by atoms with Gasteiger partial charge >= 0.3 is 0 Å². The Hall–Kier alpha value is -2.45. The lowest BCUT2D eigenvalue weighted by molar-refractivity contribution is -0.0443. The van der Waals surface area contributed by atoms with Crippen molar-refractivity contribution in [3.05, 3.63) is 65.7 Å². The molecule has 4 rings (SSSR count). The Bertz CT molecular complexity index is 873. The number of nitrogens with zero attached hydrogens (tertiary/aromatic N) is 3. The maximum atomic E-state index is 13.3. The van der Waals surface area contributed by atoms with Gasteiger partial charge in [0.25, 0.3) is 5.91 Å². The number of carbonyl (C=O) groups is 1. The first-order valence-corrected chi connectivity index (χ1v) is 11.8. The Labute approximate surface area is 196 Å². The van der Waals surface area contributed by atoms with Gasteiger partial charge in [0.1, 0.15) is 5.75 Å². The number of rotatable bonds is 9. The molecule has 7 nitrogen and oxygen atoms in total. The number of benzene rings is 2. The molecule has 33 heavy (non-hydrogen) atoms. The van der Waals surface area contributed by atoms with Gasteiger partial charge in [-0.3, -0.25) is 14.6 Å². The summed E-state index contributed by atoms with van der Waals surface area (Å²) in [6, 6.07) is 17.8. The molecule has 0 bridgehead atoms. The van der Waals surface area contributed by atoms with Gasteiger partial charge < -0.3 is 19.1 Å². The second-order valence-corrected chi connectivity index (χ2v) is 8.65. The van der Waals surface area contributed by atoms with Gasteiger partial charge in [0, 0.05) is 57.9 Å². The smallest absolute Gasteiger partial charge is 0.253 e. The molecule has 0 radical (unpaired) electrons. The number of morpholine rings is 2. The van der Waals surface area contributed by atoms with Crippen molar-refractivity contribution in [2.24, 2.45) is 0 Å². The van der Waals surface area contributed by atoms with Crippen LogP contribution < -0.4 is 4.74 Å². The first-order valence-electron chi connectivity index (χ1n) is 11.8. The summed E-state index contributed by atoms with van der Waals surface area (Å²) in [6.07, 6.45) is -0.0123. The quantitative estimate of drug-likeness (QED) is 0.581. The highest BCUT2D eigenvalue weighted by Crippen LogP contribution is 2.17. The van der Waals surface area contributed by atoms with E-state index >= 15 is 0 Å². The fraction of sp³-hybridized carbons (Fsp3) is 0.500. The molecule has 2 heterocycles. The van der Waals surface area contributed by atoms with Crippen molar-refractivity contribution in [2.75, 3.05) is 72.7 Å². The molecule has 0 N–H and O–H groups in total. The van der Waals surface area contributed by atoms with Crippen LogP contribution in [0, 0.1) is 0 Å². The van der Waals surface area contributed by atoms with E-state index in [1.165, 1.54) is 5.56 Å². The Morgan fingerprint density at radius 1 is 1.03 bits per heavy atom. The normalized spacial score (nSPS) is 19.8. The summed E-state index contributed by atoms with van der Waals surface area (Å²) in [4.78, 5) is 20.1. The van der Waals surface area contributed by atoms with Crippen LogP contribution in [-0.4, -0.2) is 99.5 Å². The maximum absolute atomic E-state index is 13.3. The highest BCUT2D eigenvalue weighted by molar-refractivity contribution is 5.94. The lowest BCUT2D eigenvalue weighted by Crippen LogP contribution is -2.50. The minimum atomic E-state index is -0.0123. The topological polar surface area (TPSA) is 54.5 Å². The zero-order valence-corrected chi connectivity index (χ0v) is 19.5. The molecule has 1 amide bonds. The van der Waals surface area contributed by atoms with Crippen molar-refractivity contribution in [2.45, 2.75) is 12.6 Å². The third-order valence-electron chi connectivity index (χ3n) is 6.29. The molecule has 0 aliphatic carbocycles. The van der Waals surface area contributed by atoms with Crippen LogP contribution in [-0.2, 0) is 16.0 Å². The van der Waals surface area contributed by atoms with E-state index in [-0.39, 0.29) is 12.0 Å². The lowest BCUT2D eigenvalue weighted by atomic mass is 10.1. The molecular weight excluding hydrogens is 418 g/mol. The second-order valence-electron chi connectivity index (χ2n) is 8.65. The standard InChI is InChI=1S/C26H35N3O4/c1-31-24-9-5-6-22(18-24)19-28-14-17-33-25(20-28)21-29(11-10-27-12-15-32-16-13-27)26(30)23-7-3-2-4-8-23/h2-9,18,25H,10-17,19-21H2,1H3. The van der Waals surface area contributed by atoms with E-state index in [0.29, 0.717) is 19.7 Å². The van der Waals surface area contributed by atoms with Crippen LogP contribution >= 0.6 is 0 Å². The van der Waals surface area contributed by atoms with E-state index in [2.05, 4.69) is 21.9 Å². The van der Waals surface area contributed by atoms with E-state index in [9.17, 15) is 4.79 Å². The number of amides is 1. The lowest BCUT2D eigenvalue weighted by Gasteiger charge is -2.36. The summed E-state index contributed by atoms with van der Waals surface area (Å²) >= 11 is 0. The molecule has 2 fully saturated rings. The summed E-state index contributed by atoms with van der Waals surface area (Å²) < 4.78 is 16.9. The van der Waals surface area contributed by atoms with Crippen LogP contribution in [0.5, 0.6) is 5.75 Å². The van der Waals surface area contributed by atoms with Gasteiger partial charge in [-0.25, -0.2) is 0 Å². The number of methoxy groups -OCH3 is 1. The molecule has 0 aromatic heterocycles. The van der Waals surface area contributed by atoms with Gasteiger partial charge in [-0.1, -0.05) is 30.3 Å². The molecule has 2 saturated heterocycles. The average Bonchev–Trinajstić information content (AvgIpc) is 2.87. The summed E-state index contributed by atoms with van der Waals surface area (Å²) in [5.74, 6) is 0.942. The fourth-order valence-corrected chi connectivity index (χ4v) is 4.44. The van der Waals surface area contributed by atoms with E-state index < -0.39 is 0 Å². The molecule has 0 spiro atoms. The van der Waals surface area contributed by atoms with Crippen LogP contribution in [0.4, 0.5) is 0 Å². The molecule has 2 aromatic rings. The monoisotopic (exact) mass is 453 g/mol. The second kappa shape index (κ2) is 12.1. The SMILES string of the molecule is COc1cccc(CN2CCOC(CN(CCN3CCOCC3)C(=O)c3ccccc3)C2)c1. The molecular formula is C26H35N3O4. The van der Waals surface area contributed by atoms with Crippen LogP contribution in [0.15, 0.2) is 54.6 Å². The summed E-state index contributed by atoms with van der Waals surface area (Å²) in [7, 11) is 1.69. The Kier molecular flexibility index (Phi) is 8.72. The summed E-state index contributed by atoms with van der Waals surface area (Å²) in [5, 5.41) is 0. The molecule has 178 valence electrons. The highest BCUT2D eigenvalue weighted by atomic mass is 16.5. The van der Waals surface area contributed by atoms with Crippen LogP contribution in [0.2, 0.25) is 0 Å². The Morgan fingerprint density at radius 3 is 2.61 bits per heavy atom. The third-order valence-corrected chi connectivity index (χ3v) is 6.29. The molecule has 2 aliphatic heterocycles. The first kappa shape index (κ1) is 23.7. The number of ether oxygens (including phenoxy) is 3. The van der Waals surface area contributed by atoms with E-state index in [0.717, 1.165) is 63.8 Å². The fourth-order valence-electron chi connectivity index (χ4n) is 4.44. The van der Waals surface area contributed by atoms with Gasteiger partial charge in [0.15, 0.2) is 0 Å². The highest BCUT2D eigenvalue weighted by Gasteiger charge is 2.26. The van der Waals surface area contributed by atoms with Crippen molar-refractivity contribution in [1.82, 2.24) is 14.7 Å². The van der Waals surface area contributed by atoms with Crippen molar-refractivity contribution in [3.8, 4) is 5.75 Å². The van der Waals surface area contributed by atoms with Crippen molar-refractivity contribution in [1.29, 1.82) is 0 Å². The Morgan fingerprint density at radius 2 is 1.82 bits per heavy atom. The van der Waals surface area contributed by atoms with Crippen LogP contribution in [0.25, 0.3) is 0 Å². The van der Waals surface area contributed by atoms with Gasteiger partial charge in [-0.05, 0) is 29.8 Å². The van der Waals surface area contributed by atoms with Crippen LogP contribution in [0.1, 0.15) is 15.9 Å². The molecule has 2 aromatic carbocycles. The van der Waals surface area contributed by atoms with Crippen LogP contribution in [0.3, 0.4) is 0 Å². The van der Waals surface area contributed by atoms with E-state index in [4.69, 9.17) is 14.2 Å². The summed E-state index contributed by atoms with van der Waals surface area (Å²) in [6.45, 7) is 8.68. The first-order chi connectivity index (χ1) is 16.2. The molecule has 7 heteroatoms. The van der Waals surface area contributed by atoms with Gasteiger partial charge in [0.05, 0.1) is 33.0 Å². The maximum Gasteiger partial charge on any atom is 0.253 e. The van der Waals surface area contributed by atoms with E-state index in [1.54, 1.807) is 7.11 Å². The zero-order chi connectivity index (χ0) is 22.9. The molecule has 1 atom stereocenters. The predicted octanol–water partition coefficient (Wildman–Crippen LogP) is 2.37. The Balaban J connectivity index is 1.38. The minimum Gasteiger partial charge on any atom is -0.497 e. The largest absolute Gasteiger partial charge is 0.497 e. The summed E-state index contributed by atoms with van der Waals surface area (Å²) in [5.41, 5.74) is 1.95. The number of hydrogen-bond acceptors (Lipinski definition) is 6.